The number of nitro groups is 1. The number of carbonyl (C=O) groups excluding carboxylic acids is 1. The molecule has 1 amide bonds. The maximum absolute atomic E-state index is 12.6. The molecule has 0 fully saturated rings. The first-order valence-electron chi connectivity index (χ1n) is 8.22. The van der Waals surface area contributed by atoms with Gasteiger partial charge in [0.1, 0.15) is 11.5 Å². The monoisotopic (exact) mass is 358 g/mol. The molecule has 1 N–H and O–H groups in total. The van der Waals surface area contributed by atoms with Crippen molar-refractivity contribution in [3.05, 3.63) is 57.6 Å². The number of anilines is 1. The van der Waals surface area contributed by atoms with E-state index in [2.05, 4.69) is 5.32 Å². The Kier molecular flexibility index (Phi) is 6.16. The van der Waals surface area contributed by atoms with E-state index < -0.39 is 16.9 Å². The lowest BCUT2D eigenvalue weighted by atomic mass is 10.1. The molecule has 0 aromatic heterocycles. The van der Waals surface area contributed by atoms with E-state index in [1.165, 1.54) is 25.3 Å². The molecule has 138 valence electrons. The Morgan fingerprint density at radius 3 is 2.38 bits per heavy atom. The molecular formula is C19H22N2O5. The molecule has 0 aliphatic heterocycles. The summed E-state index contributed by atoms with van der Waals surface area (Å²) < 4.78 is 11.0. The van der Waals surface area contributed by atoms with Crippen molar-refractivity contribution in [2.24, 2.45) is 0 Å². The zero-order chi connectivity index (χ0) is 19.3. The van der Waals surface area contributed by atoms with Gasteiger partial charge >= 0.3 is 0 Å². The van der Waals surface area contributed by atoms with Crippen LogP contribution in [-0.2, 0) is 4.79 Å². The summed E-state index contributed by atoms with van der Waals surface area (Å²) in [6.45, 7) is 5.74. The summed E-state index contributed by atoms with van der Waals surface area (Å²) in [6, 6.07) is 9.76. The molecule has 0 radical (unpaired) electrons. The number of hydrogen-bond acceptors (Lipinski definition) is 5. The molecule has 7 nitrogen and oxygen atoms in total. The minimum atomic E-state index is -0.736. The lowest BCUT2D eigenvalue weighted by Crippen LogP contribution is -2.32. The molecule has 1 atom stereocenters. The largest absolute Gasteiger partial charge is 0.495 e. The number of methoxy groups -OCH3 is 1. The van der Waals surface area contributed by atoms with Gasteiger partial charge in [0, 0.05) is 12.1 Å². The van der Waals surface area contributed by atoms with Crippen molar-refractivity contribution < 1.29 is 19.2 Å². The number of non-ortho nitro benzene ring substituents is 1. The molecule has 0 saturated heterocycles. The van der Waals surface area contributed by atoms with Gasteiger partial charge in [0.15, 0.2) is 6.10 Å². The van der Waals surface area contributed by atoms with E-state index in [0.29, 0.717) is 17.9 Å². The lowest BCUT2D eigenvalue weighted by Gasteiger charge is -2.19. The van der Waals surface area contributed by atoms with Crippen LogP contribution in [0.4, 0.5) is 11.4 Å². The molecule has 0 spiro atoms. The summed E-state index contributed by atoms with van der Waals surface area (Å²) in [5.74, 6) is 0.547. The van der Waals surface area contributed by atoms with Gasteiger partial charge in [0.05, 0.1) is 17.7 Å². The average molecular weight is 358 g/mol. The number of benzene rings is 2. The highest BCUT2D eigenvalue weighted by Gasteiger charge is 2.21. The van der Waals surface area contributed by atoms with Crippen LogP contribution in [-0.4, -0.2) is 24.0 Å². The Bertz CT molecular complexity index is 799. The van der Waals surface area contributed by atoms with Gasteiger partial charge < -0.3 is 14.8 Å². The summed E-state index contributed by atoms with van der Waals surface area (Å²) in [6.07, 6.45) is -0.295. The molecule has 0 bridgehead atoms. The average Bonchev–Trinajstić information content (AvgIpc) is 2.58. The summed E-state index contributed by atoms with van der Waals surface area (Å²) in [7, 11) is 1.43. The molecule has 26 heavy (non-hydrogen) atoms. The van der Waals surface area contributed by atoms with Crippen LogP contribution in [0.1, 0.15) is 24.5 Å². The number of nitro benzene ring substituents is 1. The first kappa shape index (κ1) is 19.2. The smallest absolute Gasteiger partial charge is 0.271 e. The first-order valence-corrected chi connectivity index (χ1v) is 8.22. The van der Waals surface area contributed by atoms with Gasteiger partial charge in [0.25, 0.3) is 11.6 Å². The molecule has 0 heterocycles. The standard InChI is InChI=1S/C19H22N2O5/c1-5-17(26-15-9-12(2)8-13(3)10-15)19(22)20-16-11-14(21(23)24)6-7-18(16)25-4/h6-11,17H,5H2,1-4H3,(H,20,22)/t17-/m0/s1. The van der Waals surface area contributed by atoms with Crippen molar-refractivity contribution in [1.29, 1.82) is 0 Å². The predicted molar refractivity (Wildman–Crippen MR) is 98.9 cm³/mol. The van der Waals surface area contributed by atoms with Gasteiger partial charge in [0.2, 0.25) is 0 Å². The second kappa shape index (κ2) is 8.33. The number of nitrogens with one attached hydrogen (secondary N) is 1. The lowest BCUT2D eigenvalue weighted by molar-refractivity contribution is -0.384. The number of rotatable bonds is 7. The highest BCUT2D eigenvalue weighted by Crippen LogP contribution is 2.29. The van der Waals surface area contributed by atoms with Crippen LogP contribution < -0.4 is 14.8 Å². The van der Waals surface area contributed by atoms with Gasteiger partial charge in [-0.15, -0.1) is 0 Å². The molecule has 2 rings (SSSR count). The number of hydrogen-bond donors (Lipinski definition) is 1. The number of carbonyl (C=O) groups is 1. The highest BCUT2D eigenvalue weighted by atomic mass is 16.6. The topological polar surface area (TPSA) is 90.7 Å². The maximum atomic E-state index is 12.6. The van der Waals surface area contributed by atoms with E-state index in [1.807, 2.05) is 39.0 Å². The van der Waals surface area contributed by atoms with Crippen molar-refractivity contribution in [2.75, 3.05) is 12.4 Å². The minimum Gasteiger partial charge on any atom is -0.495 e. The molecule has 2 aromatic rings. The van der Waals surface area contributed by atoms with Gasteiger partial charge in [-0.05, 0) is 49.6 Å². The Hall–Kier alpha value is -3.09. The quantitative estimate of drug-likeness (QED) is 0.596. The normalized spacial score (nSPS) is 11.5. The summed E-state index contributed by atoms with van der Waals surface area (Å²) in [5, 5.41) is 13.6. The van der Waals surface area contributed by atoms with Crippen molar-refractivity contribution in [3.8, 4) is 11.5 Å². The van der Waals surface area contributed by atoms with Gasteiger partial charge in [-0.3, -0.25) is 14.9 Å². The molecule has 0 aliphatic carbocycles. The van der Waals surface area contributed by atoms with Crippen molar-refractivity contribution >= 4 is 17.3 Å². The maximum Gasteiger partial charge on any atom is 0.271 e. The van der Waals surface area contributed by atoms with Crippen LogP contribution in [0.3, 0.4) is 0 Å². The molecule has 0 aliphatic rings. The number of nitrogens with zero attached hydrogens (tertiary/aromatic N) is 1. The first-order chi connectivity index (χ1) is 12.3. The Balaban J connectivity index is 2.21. The van der Waals surface area contributed by atoms with Crippen LogP contribution in [0, 0.1) is 24.0 Å². The van der Waals surface area contributed by atoms with Gasteiger partial charge in [-0.1, -0.05) is 13.0 Å². The third kappa shape index (κ3) is 4.72. The van der Waals surface area contributed by atoms with E-state index >= 15 is 0 Å². The Morgan fingerprint density at radius 1 is 1.19 bits per heavy atom. The van der Waals surface area contributed by atoms with E-state index in [-0.39, 0.29) is 11.4 Å². The number of aryl methyl sites for hydroxylation is 2. The van der Waals surface area contributed by atoms with Crippen molar-refractivity contribution in [3.63, 3.8) is 0 Å². The summed E-state index contributed by atoms with van der Waals surface area (Å²) in [5.41, 5.74) is 2.17. The van der Waals surface area contributed by atoms with Crippen LogP contribution in [0.2, 0.25) is 0 Å². The Labute approximate surface area is 152 Å². The van der Waals surface area contributed by atoms with E-state index in [9.17, 15) is 14.9 Å². The van der Waals surface area contributed by atoms with E-state index in [0.717, 1.165) is 11.1 Å². The Morgan fingerprint density at radius 2 is 1.85 bits per heavy atom. The second-order valence-electron chi connectivity index (χ2n) is 5.97. The van der Waals surface area contributed by atoms with Crippen molar-refractivity contribution in [2.45, 2.75) is 33.3 Å². The van der Waals surface area contributed by atoms with Crippen molar-refractivity contribution in [1.82, 2.24) is 0 Å². The third-order valence-corrected chi connectivity index (χ3v) is 3.79. The van der Waals surface area contributed by atoms with E-state index in [1.54, 1.807) is 0 Å². The summed E-state index contributed by atoms with van der Waals surface area (Å²) >= 11 is 0. The minimum absolute atomic E-state index is 0.135. The van der Waals surface area contributed by atoms with Crippen LogP contribution in [0.15, 0.2) is 36.4 Å². The molecule has 0 unspecified atom stereocenters. The SMILES string of the molecule is CC[C@H](Oc1cc(C)cc(C)c1)C(=O)Nc1cc([N+](=O)[O-])ccc1OC. The second-order valence-corrected chi connectivity index (χ2v) is 5.97. The molecule has 7 heteroatoms. The fraction of sp³-hybridized carbons (Fsp3) is 0.316. The predicted octanol–water partition coefficient (Wildman–Crippen LogP) is 4.02. The third-order valence-electron chi connectivity index (χ3n) is 3.79. The summed E-state index contributed by atoms with van der Waals surface area (Å²) in [4.78, 5) is 23.0. The van der Waals surface area contributed by atoms with Crippen LogP contribution in [0.5, 0.6) is 11.5 Å². The highest BCUT2D eigenvalue weighted by molar-refractivity contribution is 5.96. The zero-order valence-electron chi connectivity index (χ0n) is 15.2. The zero-order valence-corrected chi connectivity index (χ0v) is 15.2. The van der Waals surface area contributed by atoms with Crippen LogP contribution in [0.25, 0.3) is 0 Å². The molecule has 2 aromatic carbocycles. The fourth-order valence-corrected chi connectivity index (χ4v) is 2.61. The molecular weight excluding hydrogens is 336 g/mol. The fourth-order valence-electron chi connectivity index (χ4n) is 2.61. The number of amides is 1. The van der Waals surface area contributed by atoms with Gasteiger partial charge in [-0.25, -0.2) is 0 Å². The number of ether oxygens (including phenoxy) is 2. The van der Waals surface area contributed by atoms with Crippen LogP contribution >= 0.6 is 0 Å². The molecule has 0 saturated carbocycles. The van der Waals surface area contributed by atoms with Gasteiger partial charge in [-0.2, -0.15) is 0 Å². The van der Waals surface area contributed by atoms with E-state index in [4.69, 9.17) is 9.47 Å².